The average molecular weight is 267 g/mol. The number of rotatable bonds is 6. The Bertz CT molecular complexity index is 227. The van der Waals surface area contributed by atoms with Gasteiger partial charge in [0.2, 0.25) is 0 Å². The van der Waals surface area contributed by atoms with Crippen molar-refractivity contribution in [3.63, 3.8) is 0 Å². The van der Waals surface area contributed by atoms with Crippen LogP contribution in [-0.4, -0.2) is 37.2 Å². The molecule has 1 saturated heterocycles. The molecule has 2 rings (SSSR count). The summed E-state index contributed by atoms with van der Waals surface area (Å²) in [6.07, 6.45) is 11.4. The molecule has 1 aliphatic carbocycles. The van der Waals surface area contributed by atoms with Crippen molar-refractivity contribution in [2.45, 2.75) is 71.3 Å². The fraction of sp³-hybridized carbons (Fsp3) is 1.00. The Kier molecular flexibility index (Phi) is 6.66. The molecule has 2 heteroatoms. The van der Waals surface area contributed by atoms with Crippen molar-refractivity contribution in [2.75, 3.05) is 26.2 Å². The summed E-state index contributed by atoms with van der Waals surface area (Å²) in [7, 11) is 0. The maximum absolute atomic E-state index is 5.95. The van der Waals surface area contributed by atoms with Crippen LogP contribution in [0.3, 0.4) is 0 Å². The normalized spacial score (nSPS) is 30.6. The number of piperidine rings is 1. The molecule has 0 aromatic carbocycles. The number of nitrogens with zero attached hydrogens (tertiary/aromatic N) is 1. The van der Waals surface area contributed by atoms with Gasteiger partial charge in [0.05, 0.1) is 6.10 Å². The van der Waals surface area contributed by atoms with Crippen molar-refractivity contribution in [3.8, 4) is 0 Å². The van der Waals surface area contributed by atoms with Crippen molar-refractivity contribution in [1.82, 2.24) is 4.90 Å². The summed E-state index contributed by atoms with van der Waals surface area (Å²) >= 11 is 0. The van der Waals surface area contributed by atoms with Gasteiger partial charge >= 0.3 is 0 Å². The SMILES string of the molecule is CCCCOC1CCN(CC2CCC(C)CC2)CC1. The molecule has 0 aromatic heterocycles. The van der Waals surface area contributed by atoms with Gasteiger partial charge in [-0.1, -0.05) is 33.1 Å². The van der Waals surface area contributed by atoms with Crippen LogP contribution in [0.15, 0.2) is 0 Å². The lowest BCUT2D eigenvalue weighted by Gasteiger charge is -2.36. The van der Waals surface area contributed by atoms with Crippen LogP contribution in [0.2, 0.25) is 0 Å². The number of unbranched alkanes of at least 4 members (excludes halogenated alkanes) is 1. The Labute approximate surface area is 119 Å². The Morgan fingerprint density at radius 1 is 1.00 bits per heavy atom. The fourth-order valence-electron chi connectivity index (χ4n) is 3.53. The van der Waals surface area contributed by atoms with Gasteiger partial charge in [-0.15, -0.1) is 0 Å². The summed E-state index contributed by atoms with van der Waals surface area (Å²) in [5.74, 6) is 1.96. The molecule has 0 radical (unpaired) electrons. The van der Waals surface area contributed by atoms with E-state index in [9.17, 15) is 0 Å². The molecule has 0 atom stereocenters. The van der Waals surface area contributed by atoms with Gasteiger partial charge in [-0.3, -0.25) is 0 Å². The minimum atomic E-state index is 0.550. The minimum Gasteiger partial charge on any atom is -0.378 e. The lowest BCUT2D eigenvalue weighted by molar-refractivity contribution is 0.00201. The average Bonchev–Trinajstić information content (AvgIpc) is 2.44. The zero-order valence-electron chi connectivity index (χ0n) is 13.1. The number of hydrogen-bond donors (Lipinski definition) is 0. The van der Waals surface area contributed by atoms with Crippen LogP contribution in [0.4, 0.5) is 0 Å². The molecule has 0 spiro atoms. The number of hydrogen-bond acceptors (Lipinski definition) is 2. The predicted molar refractivity (Wildman–Crippen MR) is 81.4 cm³/mol. The van der Waals surface area contributed by atoms with Gasteiger partial charge in [-0.2, -0.15) is 0 Å². The highest BCUT2D eigenvalue weighted by molar-refractivity contribution is 4.77. The topological polar surface area (TPSA) is 12.5 Å². The van der Waals surface area contributed by atoms with Crippen molar-refractivity contribution in [2.24, 2.45) is 11.8 Å². The maximum Gasteiger partial charge on any atom is 0.0599 e. The molecular weight excluding hydrogens is 234 g/mol. The van der Waals surface area contributed by atoms with E-state index >= 15 is 0 Å². The van der Waals surface area contributed by atoms with E-state index in [1.54, 1.807) is 0 Å². The van der Waals surface area contributed by atoms with Crippen LogP contribution in [-0.2, 0) is 4.74 Å². The summed E-state index contributed by atoms with van der Waals surface area (Å²) in [5.41, 5.74) is 0. The highest BCUT2D eigenvalue weighted by Gasteiger charge is 2.24. The molecule has 0 unspecified atom stereocenters. The molecule has 2 nitrogen and oxygen atoms in total. The second kappa shape index (κ2) is 8.26. The molecule has 0 N–H and O–H groups in total. The van der Waals surface area contributed by atoms with E-state index < -0.39 is 0 Å². The third-order valence-electron chi connectivity index (χ3n) is 5.04. The number of ether oxygens (including phenoxy) is 1. The van der Waals surface area contributed by atoms with Crippen molar-refractivity contribution in [1.29, 1.82) is 0 Å². The number of likely N-dealkylation sites (tertiary alicyclic amines) is 1. The van der Waals surface area contributed by atoms with E-state index in [0.717, 1.165) is 18.4 Å². The van der Waals surface area contributed by atoms with Crippen LogP contribution in [0.5, 0.6) is 0 Å². The van der Waals surface area contributed by atoms with Gasteiger partial charge in [0, 0.05) is 26.2 Å². The second-order valence-corrected chi connectivity index (χ2v) is 6.85. The first kappa shape index (κ1) is 15.3. The maximum atomic E-state index is 5.95. The monoisotopic (exact) mass is 267 g/mol. The summed E-state index contributed by atoms with van der Waals surface area (Å²) in [6.45, 7) is 9.51. The van der Waals surface area contributed by atoms with Crippen molar-refractivity contribution >= 4 is 0 Å². The Hall–Kier alpha value is -0.0800. The summed E-state index contributed by atoms with van der Waals surface area (Å²) in [5, 5.41) is 0. The fourth-order valence-corrected chi connectivity index (χ4v) is 3.53. The summed E-state index contributed by atoms with van der Waals surface area (Å²) < 4.78 is 5.95. The molecule has 2 fully saturated rings. The van der Waals surface area contributed by atoms with Gasteiger partial charge in [-0.05, 0) is 43.9 Å². The molecule has 112 valence electrons. The van der Waals surface area contributed by atoms with Crippen LogP contribution >= 0.6 is 0 Å². The molecule has 1 heterocycles. The third-order valence-corrected chi connectivity index (χ3v) is 5.04. The van der Waals surface area contributed by atoms with Crippen LogP contribution in [0, 0.1) is 11.8 Å². The van der Waals surface area contributed by atoms with Crippen LogP contribution < -0.4 is 0 Å². The molecule has 0 amide bonds. The largest absolute Gasteiger partial charge is 0.378 e. The Morgan fingerprint density at radius 2 is 1.68 bits per heavy atom. The van der Waals surface area contributed by atoms with Gasteiger partial charge < -0.3 is 9.64 Å². The van der Waals surface area contributed by atoms with Crippen LogP contribution in [0.1, 0.15) is 65.2 Å². The lowest BCUT2D eigenvalue weighted by Crippen LogP contribution is -2.40. The van der Waals surface area contributed by atoms with E-state index in [4.69, 9.17) is 4.74 Å². The first-order valence-electron chi connectivity index (χ1n) is 8.62. The predicted octanol–water partition coefficient (Wildman–Crippen LogP) is 4.09. The molecular formula is C17H33NO. The first-order valence-corrected chi connectivity index (χ1v) is 8.62. The third kappa shape index (κ3) is 5.43. The molecule has 1 aliphatic heterocycles. The standard InChI is InChI=1S/C17H33NO/c1-3-4-13-19-17-9-11-18(12-10-17)14-16-7-5-15(2)6-8-16/h15-17H,3-14H2,1-2H3. The lowest BCUT2D eigenvalue weighted by atomic mass is 9.82. The summed E-state index contributed by atoms with van der Waals surface area (Å²) in [6, 6.07) is 0. The molecule has 0 bridgehead atoms. The van der Waals surface area contributed by atoms with E-state index in [0.29, 0.717) is 6.10 Å². The van der Waals surface area contributed by atoms with E-state index in [2.05, 4.69) is 18.7 Å². The van der Waals surface area contributed by atoms with E-state index in [1.807, 2.05) is 0 Å². The van der Waals surface area contributed by atoms with Crippen LogP contribution in [0.25, 0.3) is 0 Å². The molecule has 19 heavy (non-hydrogen) atoms. The zero-order chi connectivity index (χ0) is 13.5. The van der Waals surface area contributed by atoms with Gasteiger partial charge in [-0.25, -0.2) is 0 Å². The molecule has 2 aliphatic rings. The smallest absolute Gasteiger partial charge is 0.0599 e. The Morgan fingerprint density at radius 3 is 2.32 bits per heavy atom. The van der Waals surface area contributed by atoms with Gasteiger partial charge in [0.25, 0.3) is 0 Å². The van der Waals surface area contributed by atoms with Crippen molar-refractivity contribution < 1.29 is 4.74 Å². The van der Waals surface area contributed by atoms with Crippen molar-refractivity contribution in [3.05, 3.63) is 0 Å². The molecule has 0 aromatic rings. The quantitative estimate of drug-likeness (QED) is 0.672. The Balaban J connectivity index is 1.58. The zero-order valence-corrected chi connectivity index (χ0v) is 13.1. The highest BCUT2D eigenvalue weighted by atomic mass is 16.5. The van der Waals surface area contributed by atoms with E-state index in [1.165, 1.54) is 71.0 Å². The molecule has 1 saturated carbocycles. The second-order valence-electron chi connectivity index (χ2n) is 6.85. The minimum absolute atomic E-state index is 0.550. The van der Waals surface area contributed by atoms with Gasteiger partial charge in [0.1, 0.15) is 0 Å². The van der Waals surface area contributed by atoms with E-state index in [-0.39, 0.29) is 0 Å². The first-order chi connectivity index (χ1) is 9.28. The van der Waals surface area contributed by atoms with Gasteiger partial charge in [0.15, 0.2) is 0 Å². The summed E-state index contributed by atoms with van der Waals surface area (Å²) in [4.78, 5) is 2.69. The highest BCUT2D eigenvalue weighted by Crippen LogP contribution is 2.29.